The molecule has 0 fully saturated rings. The van der Waals surface area contributed by atoms with Gasteiger partial charge in [0.25, 0.3) is 0 Å². The number of hydrogen-bond acceptors (Lipinski definition) is 4. The maximum atomic E-state index is 11.5. The molecule has 2 aromatic carbocycles. The van der Waals surface area contributed by atoms with Crippen LogP contribution < -0.4 is 5.32 Å². The fraction of sp³-hybridized carbons (Fsp3) is 0.125. The quantitative estimate of drug-likeness (QED) is 0.699. The largest absolute Gasteiger partial charge is 0.399 e. The third kappa shape index (κ3) is 2.92. The summed E-state index contributed by atoms with van der Waals surface area (Å²) >= 11 is 1.54. The number of nitrogens with zero attached hydrogens (tertiary/aromatic N) is 1. The summed E-state index contributed by atoms with van der Waals surface area (Å²) in [7, 11) is 1.53. The van der Waals surface area contributed by atoms with Crippen LogP contribution in [0.2, 0.25) is 0 Å². The highest BCUT2D eigenvalue weighted by Gasteiger charge is 2.17. The molecule has 3 rings (SSSR count). The molecule has 1 heterocycles. The summed E-state index contributed by atoms with van der Waals surface area (Å²) in [6.07, 6.45) is 0. The molecule has 1 aliphatic heterocycles. The van der Waals surface area contributed by atoms with Crippen LogP contribution in [-0.4, -0.2) is 24.5 Å². The van der Waals surface area contributed by atoms with Gasteiger partial charge in [0.05, 0.1) is 11.4 Å². The van der Waals surface area contributed by atoms with Crippen LogP contribution in [0.1, 0.15) is 11.1 Å². The fourth-order valence-electron chi connectivity index (χ4n) is 2.19. The molecule has 106 valence electrons. The van der Waals surface area contributed by atoms with Crippen LogP contribution in [-0.2, 0) is 9.63 Å². The minimum absolute atomic E-state index is 0.0228. The molecule has 0 saturated carbocycles. The van der Waals surface area contributed by atoms with Crippen molar-refractivity contribution in [1.29, 1.82) is 0 Å². The predicted octanol–water partition coefficient (Wildman–Crippen LogP) is 3.13. The molecule has 0 unspecified atom stereocenters. The molecular formula is C16H14N2O2S. The Hall–Kier alpha value is -2.27. The van der Waals surface area contributed by atoms with E-state index in [-0.39, 0.29) is 5.91 Å². The minimum Gasteiger partial charge on any atom is -0.399 e. The first kappa shape index (κ1) is 13.7. The number of benzene rings is 2. The summed E-state index contributed by atoms with van der Waals surface area (Å²) in [4.78, 5) is 17.6. The first-order valence-electron chi connectivity index (χ1n) is 6.51. The lowest BCUT2D eigenvalue weighted by atomic mass is 10.0. The molecule has 0 aromatic heterocycles. The van der Waals surface area contributed by atoms with E-state index >= 15 is 0 Å². The van der Waals surface area contributed by atoms with E-state index in [0.717, 1.165) is 27.4 Å². The third-order valence-corrected chi connectivity index (χ3v) is 4.19. The second-order valence-electron chi connectivity index (χ2n) is 4.54. The van der Waals surface area contributed by atoms with E-state index < -0.39 is 0 Å². The molecule has 0 saturated heterocycles. The molecule has 1 aliphatic rings. The number of carbonyl (C=O) groups is 1. The standard InChI is InChI=1S/C16H14N2O2S/c1-20-18-16(11-5-3-2-4-6-11)12-7-8-14-13(9-12)17-15(19)10-21-14/h2-9H,10H2,1H3,(H,17,19). The van der Waals surface area contributed by atoms with Gasteiger partial charge >= 0.3 is 0 Å². The van der Waals surface area contributed by atoms with Gasteiger partial charge in [-0.3, -0.25) is 4.79 Å². The molecule has 1 amide bonds. The van der Waals surface area contributed by atoms with Crippen molar-refractivity contribution in [2.24, 2.45) is 5.16 Å². The summed E-state index contributed by atoms with van der Waals surface area (Å²) in [5.74, 6) is 0.485. The molecule has 0 aliphatic carbocycles. The normalized spacial score (nSPS) is 14.3. The maximum absolute atomic E-state index is 11.5. The Kier molecular flexibility index (Phi) is 3.92. The van der Waals surface area contributed by atoms with E-state index in [4.69, 9.17) is 4.84 Å². The van der Waals surface area contributed by atoms with E-state index in [9.17, 15) is 4.79 Å². The van der Waals surface area contributed by atoms with E-state index in [1.54, 1.807) is 11.8 Å². The Morgan fingerprint density at radius 2 is 2.00 bits per heavy atom. The third-order valence-electron chi connectivity index (χ3n) is 3.12. The Morgan fingerprint density at radius 3 is 2.76 bits per heavy atom. The summed E-state index contributed by atoms with van der Waals surface area (Å²) in [5, 5.41) is 7.02. The maximum Gasteiger partial charge on any atom is 0.234 e. The minimum atomic E-state index is 0.0228. The van der Waals surface area contributed by atoms with Crippen molar-refractivity contribution in [3.8, 4) is 0 Å². The van der Waals surface area contributed by atoms with Crippen molar-refractivity contribution >= 4 is 29.1 Å². The fourth-order valence-corrected chi connectivity index (χ4v) is 2.98. The second-order valence-corrected chi connectivity index (χ2v) is 5.55. The second kappa shape index (κ2) is 6.01. The molecule has 0 atom stereocenters. The van der Waals surface area contributed by atoms with Gasteiger partial charge in [-0.25, -0.2) is 0 Å². The number of amides is 1. The molecule has 1 N–H and O–H groups in total. The summed E-state index contributed by atoms with van der Waals surface area (Å²) in [6, 6.07) is 15.8. The molecule has 0 bridgehead atoms. The molecule has 0 spiro atoms. The number of fused-ring (bicyclic) bond motifs is 1. The molecule has 21 heavy (non-hydrogen) atoms. The van der Waals surface area contributed by atoms with Crippen LogP contribution in [0.4, 0.5) is 5.69 Å². The Labute approximate surface area is 127 Å². The lowest BCUT2D eigenvalue weighted by Gasteiger charge is -2.17. The predicted molar refractivity (Wildman–Crippen MR) is 84.9 cm³/mol. The van der Waals surface area contributed by atoms with Crippen molar-refractivity contribution in [3.63, 3.8) is 0 Å². The number of carbonyl (C=O) groups excluding carboxylic acids is 1. The highest BCUT2D eigenvalue weighted by atomic mass is 32.2. The molecular weight excluding hydrogens is 284 g/mol. The molecule has 2 aromatic rings. The van der Waals surface area contributed by atoms with Gasteiger partial charge in [-0.15, -0.1) is 11.8 Å². The number of hydrogen-bond donors (Lipinski definition) is 1. The zero-order chi connectivity index (χ0) is 14.7. The summed E-state index contributed by atoms with van der Waals surface area (Å²) in [5.41, 5.74) is 3.44. The number of thioether (sulfide) groups is 1. The van der Waals surface area contributed by atoms with E-state index in [1.807, 2.05) is 48.5 Å². The average molecular weight is 298 g/mol. The van der Waals surface area contributed by atoms with E-state index in [0.29, 0.717) is 5.75 Å². The highest BCUT2D eigenvalue weighted by molar-refractivity contribution is 8.00. The van der Waals surface area contributed by atoms with Gasteiger partial charge in [0.15, 0.2) is 0 Å². The van der Waals surface area contributed by atoms with Gasteiger partial charge in [0.2, 0.25) is 5.91 Å². The monoisotopic (exact) mass is 298 g/mol. The van der Waals surface area contributed by atoms with Crippen molar-refractivity contribution in [3.05, 3.63) is 59.7 Å². The van der Waals surface area contributed by atoms with Crippen LogP contribution in [0, 0.1) is 0 Å². The van der Waals surface area contributed by atoms with Crippen molar-refractivity contribution in [2.45, 2.75) is 4.90 Å². The van der Waals surface area contributed by atoms with Crippen LogP contribution in [0.25, 0.3) is 0 Å². The van der Waals surface area contributed by atoms with Crippen molar-refractivity contribution in [2.75, 3.05) is 18.2 Å². The van der Waals surface area contributed by atoms with Gasteiger partial charge in [-0.05, 0) is 12.1 Å². The van der Waals surface area contributed by atoms with Crippen LogP contribution in [0.15, 0.2) is 58.6 Å². The average Bonchev–Trinajstić information content (AvgIpc) is 2.52. The zero-order valence-corrected chi connectivity index (χ0v) is 12.3. The number of nitrogens with one attached hydrogen (secondary N) is 1. The molecule has 5 heteroatoms. The van der Waals surface area contributed by atoms with Gasteiger partial charge in [0, 0.05) is 16.0 Å². The van der Waals surface area contributed by atoms with E-state index in [1.165, 1.54) is 7.11 Å². The Morgan fingerprint density at radius 1 is 1.19 bits per heavy atom. The summed E-state index contributed by atoms with van der Waals surface area (Å²) < 4.78 is 0. The molecule has 4 nitrogen and oxygen atoms in total. The number of oxime groups is 1. The topological polar surface area (TPSA) is 50.7 Å². The first-order chi connectivity index (χ1) is 10.3. The zero-order valence-electron chi connectivity index (χ0n) is 11.5. The highest BCUT2D eigenvalue weighted by Crippen LogP contribution is 2.32. The van der Waals surface area contributed by atoms with Gasteiger partial charge < -0.3 is 10.2 Å². The van der Waals surface area contributed by atoms with Gasteiger partial charge in [-0.1, -0.05) is 41.6 Å². The molecule has 0 radical (unpaired) electrons. The van der Waals surface area contributed by atoms with Crippen LogP contribution in [0.3, 0.4) is 0 Å². The summed E-state index contributed by atoms with van der Waals surface area (Å²) in [6.45, 7) is 0. The van der Waals surface area contributed by atoms with Crippen LogP contribution in [0.5, 0.6) is 0 Å². The first-order valence-corrected chi connectivity index (χ1v) is 7.50. The Bertz CT molecular complexity index is 699. The number of rotatable bonds is 3. The van der Waals surface area contributed by atoms with Crippen molar-refractivity contribution in [1.82, 2.24) is 0 Å². The van der Waals surface area contributed by atoms with Crippen molar-refractivity contribution < 1.29 is 9.63 Å². The van der Waals surface area contributed by atoms with Gasteiger partial charge in [-0.2, -0.15) is 0 Å². The number of anilines is 1. The van der Waals surface area contributed by atoms with E-state index in [2.05, 4.69) is 10.5 Å². The smallest absolute Gasteiger partial charge is 0.234 e. The SMILES string of the molecule is CON=C(c1ccccc1)c1ccc2c(c1)NC(=O)CS2. The van der Waals surface area contributed by atoms with Crippen LogP contribution >= 0.6 is 11.8 Å². The van der Waals surface area contributed by atoms with Gasteiger partial charge in [0.1, 0.15) is 12.8 Å². The lowest BCUT2D eigenvalue weighted by Crippen LogP contribution is -2.19. The Balaban J connectivity index is 2.03. The lowest BCUT2D eigenvalue weighted by molar-refractivity contribution is -0.113.